The Kier molecular flexibility index (Phi) is 4.96. The molecular weight excluding hydrogens is 281 g/mol. The number of amides is 1. The number of aromatic nitrogens is 2. The third-order valence-corrected chi connectivity index (χ3v) is 4.04. The number of nitrogens with zero attached hydrogens (tertiary/aromatic N) is 3. The molecule has 0 atom stereocenters. The summed E-state index contributed by atoms with van der Waals surface area (Å²) in [5.41, 5.74) is 3.70. The van der Waals surface area contributed by atoms with Gasteiger partial charge in [0.1, 0.15) is 5.82 Å². The summed E-state index contributed by atoms with van der Waals surface area (Å²) < 4.78 is 15.5. The molecule has 0 aliphatic rings. The van der Waals surface area contributed by atoms with E-state index in [0.29, 0.717) is 18.4 Å². The van der Waals surface area contributed by atoms with Gasteiger partial charge < -0.3 is 4.90 Å². The molecule has 1 amide bonds. The van der Waals surface area contributed by atoms with Crippen LogP contribution in [0.3, 0.4) is 0 Å². The fourth-order valence-electron chi connectivity index (χ4n) is 2.57. The molecule has 0 saturated carbocycles. The van der Waals surface area contributed by atoms with Gasteiger partial charge >= 0.3 is 0 Å². The number of rotatable bonds is 5. The smallest absolute Gasteiger partial charge is 0.222 e. The van der Waals surface area contributed by atoms with Crippen molar-refractivity contribution < 1.29 is 9.18 Å². The zero-order chi connectivity index (χ0) is 16.3. The first-order valence-corrected chi connectivity index (χ1v) is 7.36. The van der Waals surface area contributed by atoms with E-state index >= 15 is 0 Å². The largest absolute Gasteiger partial charge is 0.341 e. The normalized spacial score (nSPS) is 10.8. The van der Waals surface area contributed by atoms with Crippen molar-refractivity contribution in [3.05, 3.63) is 52.6 Å². The van der Waals surface area contributed by atoms with E-state index in [2.05, 4.69) is 5.10 Å². The van der Waals surface area contributed by atoms with E-state index < -0.39 is 0 Å². The third kappa shape index (κ3) is 3.53. The van der Waals surface area contributed by atoms with Crippen molar-refractivity contribution in [3.8, 4) is 0 Å². The first kappa shape index (κ1) is 16.2. The number of carbonyl (C=O) groups is 1. The minimum atomic E-state index is -0.277. The van der Waals surface area contributed by atoms with E-state index in [4.69, 9.17) is 0 Å². The quantitative estimate of drug-likeness (QED) is 0.852. The first-order chi connectivity index (χ1) is 10.4. The molecule has 0 aliphatic heterocycles. The molecule has 0 fully saturated rings. The standard InChI is InChI=1S/C17H22FN3O/c1-12-15(13(2)21(4)19-12)9-10-17(22)20(3)11-14-7-5-6-8-16(14)18/h5-8H,9-11H2,1-4H3. The topological polar surface area (TPSA) is 38.1 Å². The number of benzene rings is 1. The number of aryl methyl sites for hydroxylation is 2. The zero-order valence-electron chi connectivity index (χ0n) is 13.6. The maximum atomic E-state index is 13.6. The summed E-state index contributed by atoms with van der Waals surface area (Å²) in [7, 11) is 3.61. The fraction of sp³-hybridized carbons (Fsp3) is 0.412. The van der Waals surface area contributed by atoms with E-state index in [1.165, 1.54) is 6.07 Å². The van der Waals surface area contributed by atoms with Gasteiger partial charge in [0.05, 0.1) is 5.69 Å². The average Bonchev–Trinajstić information content (AvgIpc) is 2.72. The minimum Gasteiger partial charge on any atom is -0.341 e. The SMILES string of the molecule is Cc1nn(C)c(C)c1CCC(=O)N(C)Cc1ccccc1F. The van der Waals surface area contributed by atoms with Crippen LogP contribution in [0.5, 0.6) is 0 Å². The highest BCUT2D eigenvalue weighted by Gasteiger charge is 2.15. The van der Waals surface area contributed by atoms with Crippen LogP contribution in [-0.2, 0) is 24.8 Å². The Labute approximate surface area is 130 Å². The number of hydrogen-bond acceptors (Lipinski definition) is 2. The highest BCUT2D eigenvalue weighted by molar-refractivity contribution is 5.76. The van der Waals surface area contributed by atoms with Crippen LogP contribution in [0.15, 0.2) is 24.3 Å². The molecule has 22 heavy (non-hydrogen) atoms. The van der Waals surface area contributed by atoms with E-state index in [9.17, 15) is 9.18 Å². The van der Waals surface area contributed by atoms with Gasteiger partial charge in [-0.1, -0.05) is 18.2 Å². The van der Waals surface area contributed by atoms with E-state index in [1.54, 1.807) is 30.1 Å². The molecule has 5 heteroatoms. The van der Waals surface area contributed by atoms with Gasteiger partial charge in [-0.15, -0.1) is 0 Å². The van der Waals surface area contributed by atoms with Gasteiger partial charge in [0, 0.05) is 38.3 Å². The van der Waals surface area contributed by atoms with Gasteiger partial charge in [0.25, 0.3) is 0 Å². The van der Waals surface area contributed by atoms with Gasteiger partial charge in [0.2, 0.25) is 5.91 Å². The monoisotopic (exact) mass is 303 g/mol. The highest BCUT2D eigenvalue weighted by atomic mass is 19.1. The Hall–Kier alpha value is -2.17. The van der Waals surface area contributed by atoms with Crippen molar-refractivity contribution in [2.75, 3.05) is 7.05 Å². The van der Waals surface area contributed by atoms with Crippen LogP contribution >= 0.6 is 0 Å². The first-order valence-electron chi connectivity index (χ1n) is 7.36. The summed E-state index contributed by atoms with van der Waals surface area (Å²) in [6.45, 7) is 4.25. The lowest BCUT2D eigenvalue weighted by atomic mass is 10.1. The Morgan fingerprint density at radius 1 is 1.32 bits per heavy atom. The molecule has 118 valence electrons. The molecule has 0 unspecified atom stereocenters. The van der Waals surface area contributed by atoms with Crippen LogP contribution in [0.2, 0.25) is 0 Å². The molecule has 0 radical (unpaired) electrons. The molecule has 0 aliphatic carbocycles. The number of halogens is 1. The van der Waals surface area contributed by atoms with E-state index in [0.717, 1.165) is 17.0 Å². The van der Waals surface area contributed by atoms with Crippen LogP contribution in [-0.4, -0.2) is 27.6 Å². The van der Waals surface area contributed by atoms with Gasteiger partial charge in [-0.25, -0.2) is 4.39 Å². The number of hydrogen-bond donors (Lipinski definition) is 0. The van der Waals surface area contributed by atoms with Crippen LogP contribution in [0, 0.1) is 19.7 Å². The van der Waals surface area contributed by atoms with Crippen molar-refractivity contribution in [3.63, 3.8) is 0 Å². The molecule has 0 N–H and O–H groups in total. The molecule has 2 rings (SSSR count). The van der Waals surface area contributed by atoms with Crippen LogP contribution < -0.4 is 0 Å². The maximum absolute atomic E-state index is 13.6. The zero-order valence-corrected chi connectivity index (χ0v) is 13.6. The van der Waals surface area contributed by atoms with Gasteiger partial charge in [-0.3, -0.25) is 9.48 Å². The summed E-state index contributed by atoms with van der Waals surface area (Å²) in [5.74, 6) is -0.271. The maximum Gasteiger partial charge on any atom is 0.222 e. The molecular formula is C17H22FN3O. The summed E-state index contributed by atoms with van der Waals surface area (Å²) in [6, 6.07) is 6.54. The van der Waals surface area contributed by atoms with Crippen LogP contribution in [0.25, 0.3) is 0 Å². The lowest BCUT2D eigenvalue weighted by Crippen LogP contribution is -2.26. The van der Waals surface area contributed by atoms with E-state index in [-0.39, 0.29) is 18.3 Å². The predicted molar refractivity (Wildman–Crippen MR) is 83.9 cm³/mol. The Morgan fingerprint density at radius 3 is 2.59 bits per heavy atom. The Balaban J connectivity index is 1.96. The molecule has 4 nitrogen and oxygen atoms in total. The second kappa shape index (κ2) is 6.73. The fourth-order valence-corrected chi connectivity index (χ4v) is 2.57. The average molecular weight is 303 g/mol. The lowest BCUT2D eigenvalue weighted by molar-refractivity contribution is -0.130. The lowest BCUT2D eigenvalue weighted by Gasteiger charge is -2.17. The molecule has 2 aromatic rings. The minimum absolute atomic E-state index is 0.00547. The van der Waals surface area contributed by atoms with E-state index in [1.807, 2.05) is 25.6 Å². The Bertz CT molecular complexity index is 679. The predicted octanol–water partition coefficient (Wildman–Crippen LogP) is 2.77. The van der Waals surface area contributed by atoms with Crippen molar-refractivity contribution in [1.82, 2.24) is 14.7 Å². The van der Waals surface area contributed by atoms with Crippen molar-refractivity contribution >= 4 is 5.91 Å². The molecule has 1 heterocycles. The van der Waals surface area contributed by atoms with Gasteiger partial charge in [0.15, 0.2) is 0 Å². The molecule has 0 bridgehead atoms. The summed E-state index contributed by atoms with van der Waals surface area (Å²) in [5, 5.41) is 4.35. The molecule has 0 spiro atoms. The summed E-state index contributed by atoms with van der Waals surface area (Å²) in [6.07, 6.45) is 1.06. The van der Waals surface area contributed by atoms with Gasteiger partial charge in [-0.05, 0) is 31.9 Å². The third-order valence-electron chi connectivity index (χ3n) is 4.04. The molecule has 1 aromatic heterocycles. The second-order valence-corrected chi connectivity index (χ2v) is 5.61. The van der Waals surface area contributed by atoms with Crippen LogP contribution in [0.1, 0.15) is 28.9 Å². The highest BCUT2D eigenvalue weighted by Crippen LogP contribution is 2.15. The molecule has 1 aromatic carbocycles. The van der Waals surface area contributed by atoms with Crippen molar-refractivity contribution in [1.29, 1.82) is 0 Å². The van der Waals surface area contributed by atoms with Crippen molar-refractivity contribution in [2.24, 2.45) is 7.05 Å². The summed E-state index contributed by atoms with van der Waals surface area (Å²) >= 11 is 0. The van der Waals surface area contributed by atoms with Crippen LogP contribution in [0.4, 0.5) is 4.39 Å². The second-order valence-electron chi connectivity index (χ2n) is 5.61. The van der Waals surface area contributed by atoms with Gasteiger partial charge in [-0.2, -0.15) is 5.10 Å². The Morgan fingerprint density at radius 2 is 2.00 bits per heavy atom. The number of carbonyl (C=O) groups excluding carboxylic acids is 1. The summed E-state index contributed by atoms with van der Waals surface area (Å²) in [4.78, 5) is 13.8. The van der Waals surface area contributed by atoms with Crippen molar-refractivity contribution in [2.45, 2.75) is 33.2 Å². The molecule has 0 saturated heterocycles.